The lowest BCUT2D eigenvalue weighted by molar-refractivity contribution is -0.138. The molecule has 0 aliphatic carbocycles. The molecule has 0 fully saturated rings. The number of benzene rings is 2. The Kier molecular flexibility index (Phi) is 10.7. The molecule has 2 rings (SSSR count). The molecular weight excluding hydrogens is 432 g/mol. The van der Waals surface area contributed by atoms with Crippen molar-refractivity contribution in [3.8, 4) is 0 Å². The SMILES string of the molecule is C=C(CSCC(COC(=O)Nc1ccccc1)OC(=O)Nc1ccccc1)C(=O)OCC. The first-order chi connectivity index (χ1) is 15.5. The molecule has 0 heterocycles. The molecule has 2 aromatic rings. The molecule has 0 aromatic heterocycles. The van der Waals surface area contributed by atoms with Crippen LogP contribution in [-0.2, 0) is 19.0 Å². The summed E-state index contributed by atoms with van der Waals surface area (Å²) < 4.78 is 15.5. The molecule has 0 aliphatic heterocycles. The number of para-hydroxylation sites is 2. The summed E-state index contributed by atoms with van der Waals surface area (Å²) in [6, 6.07) is 17.7. The highest BCUT2D eigenvalue weighted by molar-refractivity contribution is 7.99. The number of esters is 1. The van der Waals surface area contributed by atoms with E-state index in [1.165, 1.54) is 11.8 Å². The van der Waals surface area contributed by atoms with E-state index in [9.17, 15) is 14.4 Å². The van der Waals surface area contributed by atoms with Crippen molar-refractivity contribution in [2.75, 3.05) is 35.4 Å². The highest BCUT2D eigenvalue weighted by atomic mass is 32.2. The highest BCUT2D eigenvalue weighted by Crippen LogP contribution is 2.14. The van der Waals surface area contributed by atoms with Gasteiger partial charge in [-0.25, -0.2) is 14.4 Å². The molecule has 2 aromatic carbocycles. The molecular formula is C23H26N2O6S. The molecule has 32 heavy (non-hydrogen) atoms. The van der Waals surface area contributed by atoms with E-state index in [0.29, 0.717) is 16.9 Å². The third-order valence-electron chi connectivity index (χ3n) is 3.86. The van der Waals surface area contributed by atoms with Gasteiger partial charge in [-0.15, -0.1) is 0 Å². The summed E-state index contributed by atoms with van der Waals surface area (Å²) in [5, 5.41) is 5.21. The number of anilines is 2. The number of rotatable bonds is 11. The van der Waals surface area contributed by atoms with Crippen molar-refractivity contribution >= 4 is 41.3 Å². The fourth-order valence-electron chi connectivity index (χ4n) is 2.39. The lowest BCUT2D eigenvalue weighted by Crippen LogP contribution is -2.31. The van der Waals surface area contributed by atoms with Gasteiger partial charge in [0.05, 0.1) is 6.61 Å². The molecule has 0 saturated carbocycles. The molecule has 0 radical (unpaired) electrons. The average Bonchev–Trinajstić information content (AvgIpc) is 2.78. The highest BCUT2D eigenvalue weighted by Gasteiger charge is 2.19. The second-order valence-corrected chi connectivity index (χ2v) is 7.48. The first kappa shape index (κ1) is 24.8. The molecule has 2 amide bonds. The second kappa shape index (κ2) is 13.8. The van der Waals surface area contributed by atoms with Gasteiger partial charge in [0, 0.05) is 28.5 Å². The topological polar surface area (TPSA) is 103 Å². The Morgan fingerprint density at radius 2 is 1.47 bits per heavy atom. The van der Waals surface area contributed by atoms with E-state index in [2.05, 4.69) is 17.2 Å². The van der Waals surface area contributed by atoms with Gasteiger partial charge in [-0.1, -0.05) is 43.0 Å². The number of nitrogens with one attached hydrogen (secondary N) is 2. The van der Waals surface area contributed by atoms with Crippen molar-refractivity contribution < 1.29 is 28.6 Å². The van der Waals surface area contributed by atoms with Crippen LogP contribution in [0.4, 0.5) is 21.0 Å². The van der Waals surface area contributed by atoms with Crippen molar-refractivity contribution in [3.05, 3.63) is 72.8 Å². The van der Waals surface area contributed by atoms with Crippen LogP contribution in [0.25, 0.3) is 0 Å². The third-order valence-corrected chi connectivity index (χ3v) is 5.02. The first-order valence-electron chi connectivity index (χ1n) is 9.92. The van der Waals surface area contributed by atoms with E-state index in [-0.39, 0.29) is 24.7 Å². The molecule has 0 bridgehead atoms. The molecule has 2 N–H and O–H groups in total. The van der Waals surface area contributed by atoms with E-state index in [0.717, 1.165) is 0 Å². The van der Waals surface area contributed by atoms with Gasteiger partial charge in [0.25, 0.3) is 0 Å². The zero-order chi connectivity index (χ0) is 23.2. The number of ether oxygens (including phenoxy) is 3. The van der Waals surface area contributed by atoms with Gasteiger partial charge >= 0.3 is 18.2 Å². The van der Waals surface area contributed by atoms with Gasteiger partial charge < -0.3 is 14.2 Å². The maximum absolute atomic E-state index is 12.3. The fourth-order valence-corrected chi connectivity index (χ4v) is 3.30. The van der Waals surface area contributed by atoms with Gasteiger partial charge in [-0.05, 0) is 31.2 Å². The molecule has 0 saturated heterocycles. The molecule has 0 spiro atoms. The summed E-state index contributed by atoms with van der Waals surface area (Å²) in [5.41, 5.74) is 1.45. The van der Waals surface area contributed by atoms with E-state index in [1.807, 2.05) is 12.1 Å². The van der Waals surface area contributed by atoms with Crippen molar-refractivity contribution in [3.63, 3.8) is 0 Å². The molecule has 1 atom stereocenters. The van der Waals surface area contributed by atoms with Gasteiger partial charge in [0.15, 0.2) is 0 Å². The van der Waals surface area contributed by atoms with E-state index in [4.69, 9.17) is 14.2 Å². The fraction of sp³-hybridized carbons (Fsp3) is 0.261. The Morgan fingerprint density at radius 1 is 0.906 bits per heavy atom. The van der Waals surface area contributed by atoms with Crippen molar-refractivity contribution in [1.82, 2.24) is 0 Å². The average molecular weight is 459 g/mol. The summed E-state index contributed by atoms with van der Waals surface area (Å²) in [7, 11) is 0. The standard InChI is InChI=1S/C23H26N2O6S/c1-3-29-21(26)17(2)15-32-16-20(31-23(28)25-19-12-8-5-9-13-19)14-30-22(27)24-18-10-6-4-7-11-18/h4-13,20H,2-3,14-16H2,1H3,(H,24,27)(H,25,28). The molecule has 170 valence electrons. The monoisotopic (exact) mass is 458 g/mol. The summed E-state index contributed by atoms with van der Waals surface area (Å²) in [5.74, 6) is 0.0897. The Morgan fingerprint density at radius 3 is 2.03 bits per heavy atom. The van der Waals surface area contributed by atoms with Gasteiger partial charge in [-0.3, -0.25) is 10.6 Å². The van der Waals surface area contributed by atoms with Crippen LogP contribution in [-0.4, -0.2) is 49.0 Å². The summed E-state index contributed by atoms with van der Waals surface area (Å²) in [4.78, 5) is 36.0. The maximum atomic E-state index is 12.3. The largest absolute Gasteiger partial charge is 0.463 e. The minimum absolute atomic E-state index is 0.167. The number of carbonyl (C=O) groups is 3. The van der Waals surface area contributed by atoms with Crippen LogP contribution in [0.2, 0.25) is 0 Å². The van der Waals surface area contributed by atoms with Gasteiger partial charge in [0.1, 0.15) is 12.7 Å². The minimum Gasteiger partial charge on any atom is -0.463 e. The Bertz CT molecular complexity index is 892. The third kappa shape index (κ3) is 9.57. The lowest BCUT2D eigenvalue weighted by atomic mass is 10.3. The number of thioether (sulfide) groups is 1. The quantitative estimate of drug-likeness (QED) is 0.286. The van der Waals surface area contributed by atoms with Crippen LogP contribution >= 0.6 is 11.8 Å². The van der Waals surface area contributed by atoms with E-state index in [1.54, 1.807) is 55.5 Å². The number of hydrogen-bond acceptors (Lipinski definition) is 7. The number of hydrogen-bond donors (Lipinski definition) is 2. The Balaban J connectivity index is 1.88. The normalized spacial score (nSPS) is 11.0. The molecule has 0 aliphatic rings. The van der Waals surface area contributed by atoms with Crippen LogP contribution in [0.1, 0.15) is 6.92 Å². The molecule has 8 nitrogen and oxygen atoms in total. The smallest absolute Gasteiger partial charge is 0.412 e. The minimum atomic E-state index is -0.750. The first-order valence-corrected chi connectivity index (χ1v) is 11.1. The zero-order valence-corrected chi connectivity index (χ0v) is 18.6. The van der Waals surface area contributed by atoms with Crippen molar-refractivity contribution in [1.29, 1.82) is 0 Å². The number of amides is 2. The van der Waals surface area contributed by atoms with Crippen LogP contribution < -0.4 is 10.6 Å². The van der Waals surface area contributed by atoms with Crippen LogP contribution in [0, 0.1) is 0 Å². The van der Waals surface area contributed by atoms with Crippen molar-refractivity contribution in [2.24, 2.45) is 0 Å². The second-order valence-electron chi connectivity index (χ2n) is 6.45. The van der Waals surface area contributed by atoms with Crippen LogP contribution in [0.15, 0.2) is 72.8 Å². The van der Waals surface area contributed by atoms with Crippen LogP contribution in [0.3, 0.4) is 0 Å². The summed E-state index contributed by atoms with van der Waals surface area (Å²) >= 11 is 1.31. The van der Waals surface area contributed by atoms with Crippen molar-refractivity contribution in [2.45, 2.75) is 13.0 Å². The summed E-state index contributed by atoms with van der Waals surface area (Å²) in [6.45, 7) is 5.51. The zero-order valence-electron chi connectivity index (χ0n) is 17.7. The predicted molar refractivity (Wildman–Crippen MR) is 125 cm³/mol. The Hall–Kier alpha value is -3.46. The van der Waals surface area contributed by atoms with E-state index < -0.39 is 24.3 Å². The van der Waals surface area contributed by atoms with Crippen LogP contribution in [0.5, 0.6) is 0 Å². The maximum Gasteiger partial charge on any atom is 0.412 e. The summed E-state index contributed by atoms with van der Waals surface area (Å²) in [6.07, 6.45) is -2.10. The van der Waals surface area contributed by atoms with Gasteiger partial charge in [0.2, 0.25) is 0 Å². The van der Waals surface area contributed by atoms with Gasteiger partial charge in [-0.2, -0.15) is 11.8 Å². The van der Waals surface area contributed by atoms with E-state index >= 15 is 0 Å². The lowest BCUT2D eigenvalue weighted by Gasteiger charge is -2.18. The number of carbonyl (C=O) groups excluding carboxylic acids is 3. The Labute approximate surface area is 191 Å². The molecule has 9 heteroatoms. The predicted octanol–water partition coefficient (Wildman–Crippen LogP) is 4.70. The molecule has 1 unspecified atom stereocenters.